The van der Waals surface area contributed by atoms with Gasteiger partial charge in [-0.3, -0.25) is 4.79 Å². The van der Waals surface area contributed by atoms with Gasteiger partial charge in [0.05, 0.1) is 0 Å². The quantitative estimate of drug-likeness (QED) is 0.727. The number of nitrogens with one attached hydrogen (secondary N) is 2. The Labute approximate surface area is 170 Å². The van der Waals surface area contributed by atoms with Crippen molar-refractivity contribution in [1.82, 2.24) is 20.8 Å². The summed E-state index contributed by atoms with van der Waals surface area (Å²) in [6.07, 6.45) is 3.40. The first-order chi connectivity index (χ1) is 12.6. The van der Waals surface area contributed by atoms with Crippen molar-refractivity contribution in [2.24, 2.45) is 11.8 Å². The van der Waals surface area contributed by atoms with E-state index in [0.717, 1.165) is 31.5 Å². The van der Waals surface area contributed by atoms with Gasteiger partial charge < -0.3 is 15.2 Å². The van der Waals surface area contributed by atoms with E-state index in [2.05, 4.69) is 27.7 Å². The van der Waals surface area contributed by atoms with E-state index in [1.54, 1.807) is 12.1 Å². The fourth-order valence-electron chi connectivity index (χ4n) is 3.35. The van der Waals surface area contributed by atoms with E-state index in [0.29, 0.717) is 48.0 Å². The van der Waals surface area contributed by atoms with Gasteiger partial charge in [0.25, 0.3) is 0 Å². The summed E-state index contributed by atoms with van der Waals surface area (Å²) in [5.41, 5.74) is 0.812. The molecule has 2 aromatic rings. The molecule has 0 spiro atoms. The molecule has 1 aliphatic rings. The maximum absolute atomic E-state index is 12.1. The molecule has 1 aromatic carbocycles. The van der Waals surface area contributed by atoms with Crippen LogP contribution >= 0.6 is 24.0 Å². The van der Waals surface area contributed by atoms with Crippen LogP contribution in [0.4, 0.5) is 0 Å². The normalized spacial score (nSPS) is 15.8. The predicted molar refractivity (Wildman–Crippen MR) is 108 cm³/mol. The summed E-state index contributed by atoms with van der Waals surface area (Å²) < 4.78 is 5.25. The average molecular weight is 413 g/mol. The van der Waals surface area contributed by atoms with Gasteiger partial charge in [-0.05, 0) is 49.9 Å². The first kappa shape index (κ1) is 21.7. The van der Waals surface area contributed by atoms with Crippen LogP contribution in [0.25, 0.3) is 11.4 Å². The summed E-state index contributed by atoms with van der Waals surface area (Å²) in [5, 5.41) is 10.9. The van der Waals surface area contributed by atoms with E-state index in [9.17, 15) is 4.79 Å². The van der Waals surface area contributed by atoms with E-state index in [-0.39, 0.29) is 18.3 Å². The number of hydrogen-bond donors (Lipinski definition) is 2. The zero-order chi connectivity index (χ0) is 18.4. The summed E-state index contributed by atoms with van der Waals surface area (Å²) in [5.74, 6) is 2.15. The fourth-order valence-corrected chi connectivity index (χ4v) is 3.54. The Hall–Kier alpha value is -1.63. The molecule has 1 fully saturated rings. The SMILES string of the molecule is CC(CC(=O)NCCc1nc(-c2cccc(Cl)c2)no1)C1CCNCC1.Cl. The van der Waals surface area contributed by atoms with Crippen LogP contribution in [0, 0.1) is 11.8 Å². The van der Waals surface area contributed by atoms with E-state index in [4.69, 9.17) is 16.1 Å². The van der Waals surface area contributed by atoms with Gasteiger partial charge in [0, 0.05) is 30.0 Å². The second-order valence-corrected chi connectivity index (χ2v) is 7.33. The van der Waals surface area contributed by atoms with E-state index < -0.39 is 0 Å². The Morgan fingerprint density at radius 1 is 1.41 bits per heavy atom. The lowest BCUT2D eigenvalue weighted by Gasteiger charge is -2.27. The molecule has 8 heteroatoms. The number of amides is 1. The Morgan fingerprint density at radius 2 is 2.19 bits per heavy atom. The largest absolute Gasteiger partial charge is 0.356 e. The number of aromatic nitrogens is 2. The van der Waals surface area contributed by atoms with E-state index in [1.807, 2.05) is 12.1 Å². The molecule has 0 aliphatic carbocycles. The van der Waals surface area contributed by atoms with E-state index in [1.165, 1.54) is 0 Å². The molecule has 6 nitrogen and oxygen atoms in total. The number of carbonyl (C=O) groups is 1. The van der Waals surface area contributed by atoms with Crippen LogP contribution in [0.1, 0.15) is 32.1 Å². The number of carbonyl (C=O) groups excluding carboxylic acids is 1. The molecule has 3 rings (SSSR count). The molecule has 1 aliphatic heterocycles. The van der Waals surface area contributed by atoms with Crippen LogP contribution in [0.15, 0.2) is 28.8 Å². The van der Waals surface area contributed by atoms with Crippen LogP contribution in [0.3, 0.4) is 0 Å². The topological polar surface area (TPSA) is 80.1 Å². The summed E-state index contributed by atoms with van der Waals surface area (Å²) in [6, 6.07) is 7.31. The lowest BCUT2D eigenvalue weighted by molar-refractivity contribution is -0.122. The van der Waals surface area contributed by atoms with Crippen molar-refractivity contribution in [2.75, 3.05) is 19.6 Å². The molecule has 1 unspecified atom stereocenters. The van der Waals surface area contributed by atoms with Gasteiger partial charge in [-0.1, -0.05) is 35.8 Å². The summed E-state index contributed by atoms with van der Waals surface area (Å²) in [4.78, 5) is 16.5. The molecule has 1 atom stereocenters. The average Bonchev–Trinajstić information content (AvgIpc) is 3.11. The Kier molecular flexibility index (Phi) is 8.54. The third-order valence-corrected chi connectivity index (χ3v) is 5.14. The molecule has 0 saturated carbocycles. The Balaban J connectivity index is 0.00000261. The van der Waals surface area contributed by atoms with Crippen LogP contribution in [0.5, 0.6) is 0 Å². The van der Waals surface area contributed by atoms with Gasteiger partial charge >= 0.3 is 0 Å². The Morgan fingerprint density at radius 3 is 2.93 bits per heavy atom. The van der Waals surface area contributed by atoms with Crippen molar-refractivity contribution < 1.29 is 9.32 Å². The standard InChI is InChI=1S/C19H25ClN4O2.ClH/c1-13(14-5-8-21-9-6-14)11-17(25)22-10-7-18-23-19(24-26-18)15-3-2-4-16(20)12-15;/h2-4,12-14,21H,5-11H2,1H3,(H,22,25);1H. The van der Waals surface area contributed by atoms with Gasteiger partial charge in [0.1, 0.15) is 0 Å². The molecule has 2 heterocycles. The number of halogens is 2. The third-order valence-electron chi connectivity index (χ3n) is 4.91. The van der Waals surface area contributed by atoms with Gasteiger partial charge in [-0.2, -0.15) is 4.98 Å². The van der Waals surface area contributed by atoms with Crippen LogP contribution in [-0.2, 0) is 11.2 Å². The molecule has 0 bridgehead atoms. The minimum atomic E-state index is 0. The van der Waals surface area contributed by atoms with Crippen molar-refractivity contribution in [3.63, 3.8) is 0 Å². The van der Waals surface area contributed by atoms with Crippen molar-refractivity contribution in [3.8, 4) is 11.4 Å². The minimum absolute atomic E-state index is 0. The van der Waals surface area contributed by atoms with Crippen molar-refractivity contribution in [1.29, 1.82) is 0 Å². The smallest absolute Gasteiger partial charge is 0.228 e. The first-order valence-electron chi connectivity index (χ1n) is 9.18. The highest BCUT2D eigenvalue weighted by Gasteiger charge is 2.21. The van der Waals surface area contributed by atoms with Crippen molar-refractivity contribution in [2.45, 2.75) is 32.6 Å². The van der Waals surface area contributed by atoms with Crippen LogP contribution in [-0.4, -0.2) is 35.7 Å². The van der Waals surface area contributed by atoms with Crippen LogP contribution < -0.4 is 10.6 Å². The molecule has 27 heavy (non-hydrogen) atoms. The number of piperidine rings is 1. The molecular weight excluding hydrogens is 387 g/mol. The van der Waals surface area contributed by atoms with Crippen molar-refractivity contribution >= 4 is 29.9 Å². The zero-order valence-corrected chi connectivity index (χ0v) is 17.0. The van der Waals surface area contributed by atoms with E-state index >= 15 is 0 Å². The maximum Gasteiger partial charge on any atom is 0.228 e. The zero-order valence-electron chi connectivity index (χ0n) is 15.4. The number of nitrogens with zero attached hydrogens (tertiary/aromatic N) is 2. The molecular formula is C19H26Cl2N4O2. The molecule has 1 amide bonds. The highest BCUT2D eigenvalue weighted by atomic mass is 35.5. The highest BCUT2D eigenvalue weighted by Crippen LogP contribution is 2.24. The summed E-state index contributed by atoms with van der Waals surface area (Å²) in [7, 11) is 0. The van der Waals surface area contributed by atoms with Gasteiger partial charge in [-0.25, -0.2) is 0 Å². The van der Waals surface area contributed by atoms with Gasteiger partial charge in [-0.15, -0.1) is 12.4 Å². The maximum atomic E-state index is 12.1. The van der Waals surface area contributed by atoms with Gasteiger partial charge in [0.2, 0.25) is 17.6 Å². The summed E-state index contributed by atoms with van der Waals surface area (Å²) >= 11 is 5.98. The van der Waals surface area contributed by atoms with Crippen molar-refractivity contribution in [3.05, 3.63) is 35.2 Å². The summed E-state index contributed by atoms with van der Waals surface area (Å²) in [6.45, 7) is 4.78. The lowest BCUT2D eigenvalue weighted by atomic mass is 9.84. The third kappa shape index (κ3) is 6.48. The van der Waals surface area contributed by atoms with Gasteiger partial charge in [0.15, 0.2) is 0 Å². The molecule has 1 aromatic heterocycles. The molecule has 148 valence electrons. The monoisotopic (exact) mass is 412 g/mol. The van der Waals surface area contributed by atoms with Crippen LogP contribution in [0.2, 0.25) is 5.02 Å². The number of hydrogen-bond acceptors (Lipinski definition) is 5. The Bertz CT molecular complexity index is 732. The second-order valence-electron chi connectivity index (χ2n) is 6.89. The number of benzene rings is 1. The minimum Gasteiger partial charge on any atom is -0.356 e. The molecule has 0 radical (unpaired) electrons. The molecule has 2 N–H and O–H groups in total. The highest BCUT2D eigenvalue weighted by molar-refractivity contribution is 6.30. The predicted octanol–water partition coefficient (Wildman–Crippen LogP) is 3.50. The lowest BCUT2D eigenvalue weighted by Crippen LogP contribution is -2.34. The number of rotatable bonds is 7. The second kappa shape index (κ2) is 10.6. The first-order valence-corrected chi connectivity index (χ1v) is 9.55. The fraction of sp³-hybridized carbons (Fsp3) is 0.526. The molecule has 1 saturated heterocycles.